The SMILES string of the molecule is CCNC(=NCc1cccc(OC)c1OC1CCCC1)NCC(O)c1ccncc1.I. The molecule has 1 unspecified atom stereocenters. The van der Waals surface area contributed by atoms with Crippen LogP contribution < -0.4 is 20.1 Å². The number of nitrogens with one attached hydrogen (secondary N) is 2. The van der Waals surface area contributed by atoms with Crippen molar-refractivity contribution < 1.29 is 14.6 Å². The van der Waals surface area contributed by atoms with Crippen LogP contribution in [0.25, 0.3) is 0 Å². The standard InChI is InChI=1S/C23H32N4O3.HI/c1-3-25-23(27-16-20(28)17-11-13-24-14-12-17)26-15-18-7-6-10-21(29-2)22(18)30-19-8-4-5-9-19;/h6-7,10-14,19-20,28H,3-5,8-9,15-16H2,1-2H3,(H2,25,26,27);1H. The molecule has 170 valence electrons. The molecular formula is C23H33IN4O3. The number of para-hydroxylation sites is 1. The molecule has 3 rings (SSSR count). The Labute approximate surface area is 201 Å². The molecule has 8 heteroatoms. The highest BCUT2D eigenvalue weighted by atomic mass is 127. The summed E-state index contributed by atoms with van der Waals surface area (Å²) in [6.45, 7) is 3.52. The van der Waals surface area contributed by atoms with E-state index in [-0.39, 0.29) is 30.1 Å². The third-order valence-corrected chi connectivity index (χ3v) is 5.17. The van der Waals surface area contributed by atoms with Crippen LogP contribution in [0.4, 0.5) is 0 Å². The van der Waals surface area contributed by atoms with Crippen LogP contribution in [-0.4, -0.2) is 42.4 Å². The Morgan fingerprint density at radius 2 is 1.94 bits per heavy atom. The van der Waals surface area contributed by atoms with E-state index >= 15 is 0 Å². The minimum atomic E-state index is -0.644. The molecule has 1 saturated carbocycles. The highest BCUT2D eigenvalue weighted by Gasteiger charge is 2.20. The molecule has 2 aromatic rings. The first-order valence-corrected chi connectivity index (χ1v) is 10.6. The number of aromatic nitrogens is 1. The maximum absolute atomic E-state index is 10.4. The topological polar surface area (TPSA) is 88.0 Å². The van der Waals surface area contributed by atoms with Crippen molar-refractivity contribution >= 4 is 29.9 Å². The number of ether oxygens (including phenoxy) is 2. The van der Waals surface area contributed by atoms with Crippen LogP contribution in [-0.2, 0) is 6.54 Å². The normalized spacial score (nSPS) is 15.1. The number of hydrogen-bond acceptors (Lipinski definition) is 5. The molecule has 0 radical (unpaired) electrons. The van der Waals surface area contributed by atoms with E-state index in [1.165, 1.54) is 12.8 Å². The van der Waals surface area contributed by atoms with E-state index in [1.54, 1.807) is 31.6 Å². The molecule has 1 heterocycles. The van der Waals surface area contributed by atoms with E-state index in [2.05, 4.69) is 15.6 Å². The average molecular weight is 540 g/mol. The first-order chi connectivity index (χ1) is 14.7. The summed E-state index contributed by atoms with van der Waals surface area (Å²) >= 11 is 0. The molecule has 0 saturated heterocycles. The molecule has 1 atom stereocenters. The molecule has 0 amide bonds. The van der Waals surface area contributed by atoms with E-state index in [0.29, 0.717) is 19.0 Å². The van der Waals surface area contributed by atoms with Gasteiger partial charge in [0.1, 0.15) is 0 Å². The number of hydrogen-bond donors (Lipinski definition) is 3. The molecule has 1 fully saturated rings. The van der Waals surface area contributed by atoms with Crippen LogP contribution in [0.15, 0.2) is 47.7 Å². The first-order valence-electron chi connectivity index (χ1n) is 10.6. The molecule has 1 aliphatic rings. The van der Waals surface area contributed by atoms with Gasteiger partial charge in [-0.2, -0.15) is 0 Å². The number of pyridine rings is 1. The van der Waals surface area contributed by atoms with Gasteiger partial charge in [0.15, 0.2) is 17.5 Å². The van der Waals surface area contributed by atoms with Gasteiger partial charge in [0.25, 0.3) is 0 Å². The van der Waals surface area contributed by atoms with Gasteiger partial charge in [-0.1, -0.05) is 12.1 Å². The number of benzene rings is 1. The number of aliphatic hydroxyl groups is 1. The lowest BCUT2D eigenvalue weighted by Crippen LogP contribution is -2.39. The second-order valence-electron chi connectivity index (χ2n) is 7.35. The lowest BCUT2D eigenvalue weighted by Gasteiger charge is -2.19. The molecule has 31 heavy (non-hydrogen) atoms. The lowest BCUT2D eigenvalue weighted by atomic mass is 10.1. The van der Waals surface area contributed by atoms with Gasteiger partial charge < -0.3 is 25.2 Å². The first kappa shape index (κ1) is 25.2. The molecule has 1 aliphatic carbocycles. The maximum atomic E-state index is 10.4. The van der Waals surface area contributed by atoms with Crippen LogP contribution in [0.5, 0.6) is 11.5 Å². The van der Waals surface area contributed by atoms with Crippen molar-refractivity contribution in [3.05, 3.63) is 53.9 Å². The van der Waals surface area contributed by atoms with E-state index < -0.39 is 6.10 Å². The summed E-state index contributed by atoms with van der Waals surface area (Å²) in [4.78, 5) is 8.68. The van der Waals surface area contributed by atoms with Gasteiger partial charge in [-0.05, 0) is 56.4 Å². The van der Waals surface area contributed by atoms with Gasteiger partial charge in [-0.25, -0.2) is 4.99 Å². The van der Waals surface area contributed by atoms with E-state index in [1.807, 2.05) is 25.1 Å². The number of methoxy groups -OCH3 is 1. The van der Waals surface area contributed by atoms with Gasteiger partial charge in [-0.15, -0.1) is 24.0 Å². The van der Waals surface area contributed by atoms with Gasteiger partial charge in [0.05, 0.1) is 25.9 Å². The number of nitrogens with zero attached hydrogens (tertiary/aromatic N) is 2. The largest absolute Gasteiger partial charge is 0.493 e. The zero-order valence-electron chi connectivity index (χ0n) is 18.2. The number of guanidine groups is 1. The monoisotopic (exact) mass is 540 g/mol. The van der Waals surface area contributed by atoms with Gasteiger partial charge in [0, 0.05) is 31.0 Å². The number of halogens is 1. The third kappa shape index (κ3) is 7.53. The van der Waals surface area contributed by atoms with Crippen molar-refractivity contribution in [2.75, 3.05) is 20.2 Å². The van der Waals surface area contributed by atoms with Crippen molar-refractivity contribution in [1.29, 1.82) is 0 Å². The summed E-state index contributed by atoms with van der Waals surface area (Å²) in [5, 5.41) is 16.8. The fourth-order valence-electron chi connectivity index (χ4n) is 3.56. The third-order valence-electron chi connectivity index (χ3n) is 5.17. The predicted molar refractivity (Wildman–Crippen MR) is 133 cm³/mol. The second kappa shape index (κ2) is 13.4. The second-order valence-corrected chi connectivity index (χ2v) is 7.35. The molecule has 3 N–H and O–H groups in total. The zero-order chi connectivity index (χ0) is 21.2. The molecular weight excluding hydrogens is 507 g/mol. The Bertz CT molecular complexity index is 814. The Hall–Kier alpha value is -2.07. The van der Waals surface area contributed by atoms with Crippen LogP contribution in [0.1, 0.15) is 49.8 Å². The van der Waals surface area contributed by atoms with Crippen molar-refractivity contribution in [1.82, 2.24) is 15.6 Å². The summed E-state index contributed by atoms with van der Waals surface area (Å²) in [5.41, 5.74) is 1.79. The molecule has 0 spiro atoms. The van der Waals surface area contributed by atoms with Gasteiger partial charge in [0.2, 0.25) is 0 Å². The molecule has 0 bridgehead atoms. The summed E-state index contributed by atoms with van der Waals surface area (Å²) in [5.74, 6) is 2.16. The van der Waals surface area contributed by atoms with Crippen molar-refractivity contribution in [3.8, 4) is 11.5 Å². The Balaban J connectivity index is 0.00000341. The summed E-state index contributed by atoms with van der Waals surface area (Å²) in [6.07, 6.45) is 7.53. The number of aliphatic imine (C=N–C) groups is 1. The van der Waals surface area contributed by atoms with Gasteiger partial charge in [-0.3, -0.25) is 4.98 Å². The Kier molecular flexibility index (Phi) is 10.9. The van der Waals surface area contributed by atoms with Gasteiger partial charge >= 0.3 is 0 Å². The van der Waals surface area contributed by atoms with Crippen LogP contribution in [0, 0.1) is 0 Å². The predicted octanol–water partition coefficient (Wildman–Crippen LogP) is 3.82. The highest BCUT2D eigenvalue weighted by Crippen LogP contribution is 2.35. The van der Waals surface area contributed by atoms with E-state index in [9.17, 15) is 5.11 Å². The number of rotatable bonds is 9. The Morgan fingerprint density at radius 1 is 1.19 bits per heavy atom. The molecule has 1 aromatic carbocycles. The zero-order valence-corrected chi connectivity index (χ0v) is 20.5. The molecule has 7 nitrogen and oxygen atoms in total. The van der Waals surface area contributed by atoms with Crippen LogP contribution in [0.2, 0.25) is 0 Å². The lowest BCUT2D eigenvalue weighted by molar-refractivity contribution is 0.180. The van der Waals surface area contributed by atoms with E-state index in [0.717, 1.165) is 42.0 Å². The number of aliphatic hydroxyl groups excluding tert-OH is 1. The van der Waals surface area contributed by atoms with Crippen LogP contribution in [0.3, 0.4) is 0 Å². The summed E-state index contributed by atoms with van der Waals surface area (Å²) < 4.78 is 11.8. The minimum absolute atomic E-state index is 0. The fourth-order valence-corrected chi connectivity index (χ4v) is 3.56. The van der Waals surface area contributed by atoms with Crippen molar-refractivity contribution in [2.45, 2.75) is 51.4 Å². The Morgan fingerprint density at radius 3 is 2.61 bits per heavy atom. The van der Waals surface area contributed by atoms with E-state index in [4.69, 9.17) is 14.5 Å². The smallest absolute Gasteiger partial charge is 0.191 e. The minimum Gasteiger partial charge on any atom is -0.493 e. The van der Waals surface area contributed by atoms with Crippen molar-refractivity contribution in [2.24, 2.45) is 4.99 Å². The summed E-state index contributed by atoms with van der Waals surface area (Å²) in [7, 11) is 1.66. The molecule has 0 aliphatic heterocycles. The summed E-state index contributed by atoms with van der Waals surface area (Å²) in [6, 6.07) is 9.51. The molecule has 1 aromatic heterocycles. The fraction of sp³-hybridized carbons (Fsp3) is 0.478. The van der Waals surface area contributed by atoms with Crippen molar-refractivity contribution in [3.63, 3.8) is 0 Å². The average Bonchev–Trinajstić information content (AvgIpc) is 3.30. The quantitative estimate of drug-likeness (QED) is 0.255. The van der Waals surface area contributed by atoms with Crippen LogP contribution >= 0.6 is 24.0 Å². The highest BCUT2D eigenvalue weighted by molar-refractivity contribution is 14.0. The maximum Gasteiger partial charge on any atom is 0.191 e.